The second-order valence-electron chi connectivity index (χ2n) is 14.2. The summed E-state index contributed by atoms with van der Waals surface area (Å²) < 4.78 is 0. The molecule has 0 radical (unpaired) electrons. The Morgan fingerprint density at radius 3 is 0.500 bits per heavy atom. The number of unbranched alkanes of at least 4 members (excludes halogenated alkanes) is 32. The lowest BCUT2D eigenvalue weighted by Gasteiger charge is -2.22. The second kappa shape index (κ2) is 39.0. The smallest absolute Gasteiger partial charge is 0.00187 e. The zero-order valence-corrected chi connectivity index (χ0v) is 30.3. The van der Waals surface area contributed by atoms with E-state index >= 15 is 0 Å². The predicted molar refractivity (Wildman–Crippen MR) is 195 cm³/mol. The summed E-state index contributed by atoms with van der Waals surface area (Å²) >= 11 is 0. The van der Waals surface area contributed by atoms with Crippen LogP contribution in [-0.2, 0) is 0 Å². The molecule has 1 heteroatoms. The molecule has 0 amide bonds. The topological polar surface area (TPSA) is 3.24 Å². The van der Waals surface area contributed by atoms with Gasteiger partial charge in [0.1, 0.15) is 0 Å². The van der Waals surface area contributed by atoms with E-state index in [-0.39, 0.29) is 0 Å². The van der Waals surface area contributed by atoms with Gasteiger partial charge in [-0.25, -0.2) is 0 Å². The van der Waals surface area contributed by atoms with Crippen LogP contribution in [0.1, 0.15) is 245 Å². The second-order valence-corrected chi connectivity index (χ2v) is 14.2. The molecule has 0 bridgehead atoms. The van der Waals surface area contributed by atoms with Crippen molar-refractivity contribution in [3.63, 3.8) is 0 Å². The van der Waals surface area contributed by atoms with E-state index < -0.39 is 0 Å². The van der Waals surface area contributed by atoms with Gasteiger partial charge in [0.2, 0.25) is 0 Å². The summed E-state index contributed by atoms with van der Waals surface area (Å²) in [6.07, 6.45) is 51.1. The summed E-state index contributed by atoms with van der Waals surface area (Å²) in [4.78, 5) is 2.85. The Bertz CT molecular complexity index is 414. The quantitative estimate of drug-likeness (QED) is 0.0645. The van der Waals surface area contributed by atoms with Crippen LogP contribution in [0.25, 0.3) is 0 Å². The minimum absolute atomic E-state index is 1.37. The van der Waals surface area contributed by atoms with E-state index in [4.69, 9.17) is 0 Å². The summed E-state index contributed by atoms with van der Waals surface area (Å²) in [7, 11) is 0. The van der Waals surface area contributed by atoms with Crippen molar-refractivity contribution in [2.45, 2.75) is 245 Å². The van der Waals surface area contributed by atoms with Gasteiger partial charge in [0.05, 0.1) is 0 Å². The maximum absolute atomic E-state index is 2.85. The molecule has 0 atom stereocenters. The minimum Gasteiger partial charge on any atom is -0.303 e. The van der Waals surface area contributed by atoms with Crippen LogP contribution in [0.4, 0.5) is 0 Å². The van der Waals surface area contributed by atoms with Gasteiger partial charge in [-0.15, -0.1) is 0 Å². The molecule has 0 aliphatic carbocycles. The Balaban J connectivity index is 3.79. The molecule has 0 aliphatic heterocycles. The van der Waals surface area contributed by atoms with Crippen LogP contribution in [-0.4, -0.2) is 24.5 Å². The Morgan fingerprint density at radius 2 is 0.333 bits per heavy atom. The molecular formula is C41H85N. The Kier molecular flexibility index (Phi) is 38.9. The summed E-state index contributed by atoms with van der Waals surface area (Å²) in [5.41, 5.74) is 0. The molecule has 0 rings (SSSR count). The molecule has 0 saturated heterocycles. The highest BCUT2D eigenvalue weighted by Gasteiger charge is 2.05. The van der Waals surface area contributed by atoms with E-state index in [1.54, 1.807) is 0 Å². The molecule has 0 saturated carbocycles. The van der Waals surface area contributed by atoms with Crippen LogP contribution in [0.15, 0.2) is 0 Å². The van der Waals surface area contributed by atoms with Gasteiger partial charge in [0, 0.05) is 0 Å². The molecule has 0 N–H and O–H groups in total. The van der Waals surface area contributed by atoms with E-state index in [1.807, 2.05) is 0 Å². The van der Waals surface area contributed by atoms with Crippen LogP contribution in [0.2, 0.25) is 0 Å². The first-order chi connectivity index (χ1) is 20.8. The highest BCUT2D eigenvalue weighted by molar-refractivity contribution is 4.61. The van der Waals surface area contributed by atoms with Crippen LogP contribution in [0, 0.1) is 0 Å². The molecule has 0 fully saturated rings. The van der Waals surface area contributed by atoms with Crippen molar-refractivity contribution in [3.05, 3.63) is 0 Å². The van der Waals surface area contributed by atoms with Crippen LogP contribution < -0.4 is 0 Å². The number of hydrogen-bond acceptors (Lipinski definition) is 1. The monoisotopic (exact) mass is 592 g/mol. The fourth-order valence-corrected chi connectivity index (χ4v) is 6.69. The fourth-order valence-electron chi connectivity index (χ4n) is 6.69. The molecule has 0 aromatic rings. The van der Waals surface area contributed by atoms with Crippen molar-refractivity contribution in [2.75, 3.05) is 19.6 Å². The van der Waals surface area contributed by atoms with Gasteiger partial charge >= 0.3 is 0 Å². The first kappa shape index (κ1) is 42.0. The van der Waals surface area contributed by atoms with Crippen molar-refractivity contribution in [2.24, 2.45) is 0 Å². The highest BCUT2D eigenvalue weighted by atomic mass is 15.1. The SMILES string of the molecule is CCCCCCCCCCCCCCCCN(CCCCCCCCC)CCCCCCCCCCCCCCCC. The molecule has 42 heavy (non-hydrogen) atoms. The molecule has 254 valence electrons. The van der Waals surface area contributed by atoms with Crippen molar-refractivity contribution in [1.29, 1.82) is 0 Å². The third kappa shape index (κ3) is 36.2. The fraction of sp³-hybridized carbons (Fsp3) is 1.00. The molecule has 0 aromatic carbocycles. The highest BCUT2D eigenvalue weighted by Crippen LogP contribution is 2.16. The van der Waals surface area contributed by atoms with Gasteiger partial charge < -0.3 is 4.90 Å². The largest absolute Gasteiger partial charge is 0.303 e. The van der Waals surface area contributed by atoms with E-state index in [1.165, 1.54) is 244 Å². The lowest BCUT2D eigenvalue weighted by atomic mass is 10.0. The van der Waals surface area contributed by atoms with E-state index in [0.717, 1.165) is 0 Å². The summed E-state index contributed by atoms with van der Waals surface area (Å²) in [5, 5.41) is 0. The lowest BCUT2D eigenvalue weighted by molar-refractivity contribution is 0.254. The van der Waals surface area contributed by atoms with Gasteiger partial charge in [-0.05, 0) is 38.9 Å². The zero-order chi connectivity index (χ0) is 30.4. The standard InChI is InChI=1S/C41H85N/c1-4-7-10-13-16-18-20-22-24-26-28-31-34-37-40-42(39-36-33-30-15-12-9-6-3)41-38-35-32-29-27-25-23-21-19-17-14-11-8-5-2/h4-41H2,1-3H3. The third-order valence-electron chi connectivity index (χ3n) is 9.73. The molecule has 0 unspecified atom stereocenters. The van der Waals surface area contributed by atoms with Gasteiger partial charge in [0.25, 0.3) is 0 Å². The van der Waals surface area contributed by atoms with Crippen molar-refractivity contribution < 1.29 is 0 Å². The van der Waals surface area contributed by atoms with Crippen LogP contribution in [0.5, 0.6) is 0 Å². The molecule has 0 heterocycles. The maximum atomic E-state index is 2.85. The molecule has 0 spiro atoms. The van der Waals surface area contributed by atoms with Crippen LogP contribution >= 0.6 is 0 Å². The molecule has 0 aromatic heterocycles. The number of hydrogen-bond donors (Lipinski definition) is 0. The van der Waals surface area contributed by atoms with Crippen molar-refractivity contribution >= 4 is 0 Å². The minimum atomic E-state index is 1.37. The average molecular weight is 592 g/mol. The van der Waals surface area contributed by atoms with Crippen molar-refractivity contribution in [3.8, 4) is 0 Å². The normalized spacial score (nSPS) is 11.7. The van der Waals surface area contributed by atoms with E-state index in [2.05, 4.69) is 25.7 Å². The summed E-state index contributed by atoms with van der Waals surface area (Å²) in [6.45, 7) is 11.1. The Hall–Kier alpha value is -0.0400. The summed E-state index contributed by atoms with van der Waals surface area (Å²) in [5.74, 6) is 0. The molecule has 0 aliphatic rings. The Morgan fingerprint density at radius 1 is 0.190 bits per heavy atom. The third-order valence-corrected chi connectivity index (χ3v) is 9.73. The van der Waals surface area contributed by atoms with Gasteiger partial charge in [-0.1, -0.05) is 226 Å². The van der Waals surface area contributed by atoms with Gasteiger partial charge in [-0.3, -0.25) is 0 Å². The van der Waals surface area contributed by atoms with Gasteiger partial charge in [-0.2, -0.15) is 0 Å². The molecule has 1 nitrogen and oxygen atoms in total. The summed E-state index contributed by atoms with van der Waals surface area (Å²) in [6, 6.07) is 0. The van der Waals surface area contributed by atoms with Crippen molar-refractivity contribution in [1.82, 2.24) is 4.90 Å². The predicted octanol–water partition coefficient (Wildman–Crippen LogP) is 15.0. The lowest BCUT2D eigenvalue weighted by Crippen LogP contribution is -2.27. The Labute approximate surface area is 269 Å². The first-order valence-corrected chi connectivity index (χ1v) is 20.6. The molecular weight excluding hydrogens is 506 g/mol. The maximum Gasteiger partial charge on any atom is -0.00187 e. The van der Waals surface area contributed by atoms with E-state index in [0.29, 0.717) is 0 Å². The number of nitrogens with zero attached hydrogens (tertiary/aromatic N) is 1. The van der Waals surface area contributed by atoms with Gasteiger partial charge in [0.15, 0.2) is 0 Å². The number of rotatable bonds is 38. The van der Waals surface area contributed by atoms with E-state index in [9.17, 15) is 0 Å². The first-order valence-electron chi connectivity index (χ1n) is 20.6. The zero-order valence-electron chi connectivity index (χ0n) is 30.3. The van der Waals surface area contributed by atoms with Crippen LogP contribution in [0.3, 0.4) is 0 Å². The average Bonchev–Trinajstić information content (AvgIpc) is 3.00.